The molecule has 1 aromatic heterocycles. The predicted octanol–water partition coefficient (Wildman–Crippen LogP) is 1.90. The van der Waals surface area contributed by atoms with Crippen LogP contribution in [-0.2, 0) is 4.79 Å². The number of aromatic hydroxyl groups is 1. The third-order valence-electron chi connectivity index (χ3n) is 2.00. The Bertz CT molecular complexity index is 523. The SMILES string of the molecule is CC(=O)Nc1ccc2cccc(O)c2n1. The highest BCUT2D eigenvalue weighted by atomic mass is 16.3. The third kappa shape index (κ3) is 1.88. The van der Waals surface area contributed by atoms with Gasteiger partial charge in [0.1, 0.15) is 17.1 Å². The molecule has 1 amide bonds. The van der Waals surface area contributed by atoms with Crippen molar-refractivity contribution in [2.24, 2.45) is 0 Å². The molecule has 0 unspecified atom stereocenters. The van der Waals surface area contributed by atoms with Crippen LogP contribution >= 0.6 is 0 Å². The Hall–Kier alpha value is -2.10. The van der Waals surface area contributed by atoms with Gasteiger partial charge >= 0.3 is 0 Å². The van der Waals surface area contributed by atoms with Gasteiger partial charge in [-0.25, -0.2) is 4.98 Å². The third-order valence-corrected chi connectivity index (χ3v) is 2.00. The number of carbonyl (C=O) groups excluding carboxylic acids is 1. The maximum Gasteiger partial charge on any atom is 0.222 e. The van der Waals surface area contributed by atoms with Crippen molar-refractivity contribution in [1.82, 2.24) is 4.98 Å². The number of pyridine rings is 1. The lowest BCUT2D eigenvalue weighted by Crippen LogP contribution is -2.07. The normalized spacial score (nSPS) is 10.2. The Morgan fingerprint density at radius 3 is 2.87 bits per heavy atom. The zero-order valence-electron chi connectivity index (χ0n) is 8.19. The summed E-state index contributed by atoms with van der Waals surface area (Å²) >= 11 is 0. The average Bonchev–Trinajstić information content (AvgIpc) is 2.18. The number of carbonyl (C=O) groups is 1. The second-order valence-corrected chi connectivity index (χ2v) is 3.23. The molecule has 2 aromatic rings. The summed E-state index contributed by atoms with van der Waals surface area (Å²) < 4.78 is 0. The highest BCUT2D eigenvalue weighted by Gasteiger charge is 2.02. The van der Waals surface area contributed by atoms with Gasteiger partial charge in [0.05, 0.1) is 0 Å². The highest BCUT2D eigenvalue weighted by Crippen LogP contribution is 2.23. The maximum atomic E-state index is 10.8. The van der Waals surface area contributed by atoms with Gasteiger partial charge in [-0.2, -0.15) is 0 Å². The van der Waals surface area contributed by atoms with Crippen LogP contribution in [-0.4, -0.2) is 16.0 Å². The van der Waals surface area contributed by atoms with Crippen molar-refractivity contribution in [3.8, 4) is 5.75 Å². The number of fused-ring (bicyclic) bond motifs is 1. The molecule has 4 nitrogen and oxygen atoms in total. The van der Waals surface area contributed by atoms with Gasteiger partial charge in [0, 0.05) is 12.3 Å². The molecule has 0 aliphatic heterocycles. The number of amides is 1. The van der Waals surface area contributed by atoms with Crippen LogP contribution < -0.4 is 5.32 Å². The fourth-order valence-electron chi connectivity index (χ4n) is 1.38. The number of benzene rings is 1. The minimum atomic E-state index is -0.183. The zero-order chi connectivity index (χ0) is 10.8. The van der Waals surface area contributed by atoms with Crippen molar-refractivity contribution < 1.29 is 9.90 Å². The molecule has 0 atom stereocenters. The summed E-state index contributed by atoms with van der Waals surface area (Å²) in [6, 6.07) is 8.65. The van der Waals surface area contributed by atoms with E-state index in [1.165, 1.54) is 6.92 Å². The van der Waals surface area contributed by atoms with Crippen LogP contribution in [0.2, 0.25) is 0 Å². The van der Waals surface area contributed by atoms with Crippen LogP contribution in [0.5, 0.6) is 5.75 Å². The van der Waals surface area contributed by atoms with Gasteiger partial charge in [0.25, 0.3) is 0 Å². The van der Waals surface area contributed by atoms with E-state index in [0.717, 1.165) is 5.39 Å². The quantitative estimate of drug-likeness (QED) is 0.742. The number of nitrogens with one attached hydrogen (secondary N) is 1. The molecule has 1 aromatic carbocycles. The molecule has 0 bridgehead atoms. The number of rotatable bonds is 1. The van der Waals surface area contributed by atoms with Gasteiger partial charge in [0.2, 0.25) is 5.91 Å². The Morgan fingerprint density at radius 1 is 1.33 bits per heavy atom. The second kappa shape index (κ2) is 3.57. The maximum absolute atomic E-state index is 10.8. The number of hydrogen-bond donors (Lipinski definition) is 2. The molecule has 2 rings (SSSR count). The average molecular weight is 202 g/mol. The van der Waals surface area contributed by atoms with E-state index >= 15 is 0 Å². The van der Waals surface area contributed by atoms with E-state index in [2.05, 4.69) is 10.3 Å². The Kier molecular flexibility index (Phi) is 2.25. The van der Waals surface area contributed by atoms with Crippen LogP contribution in [0.25, 0.3) is 10.9 Å². The van der Waals surface area contributed by atoms with E-state index < -0.39 is 0 Å². The van der Waals surface area contributed by atoms with E-state index in [1.54, 1.807) is 24.3 Å². The summed E-state index contributed by atoms with van der Waals surface area (Å²) in [4.78, 5) is 15.0. The molecule has 76 valence electrons. The summed E-state index contributed by atoms with van der Waals surface area (Å²) in [6.45, 7) is 1.41. The number of anilines is 1. The van der Waals surface area contributed by atoms with Crippen LogP contribution in [0.3, 0.4) is 0 Å². The number of aromatic nitrogens is 1. The van der Waals surface area contributed by atoms with Crippen molar-refractivity contribution in [3.05, 3.63) is 30.3 Å². The fraction of sp³-hybridized carbons (Fsp3) is 0.0909. The number of para-hydroxylation sites is 1. The molecule has 15 heavy (non-hydrogen) atoms. The molecule has 0 aliphatic rings. The summed E-state index contributed by atoms with van der Waals surface area (Å²) in [5, 5.41) is 13.0. The lowest BCUT2D eigenvalue weighted by Gasteiger charge is -2.04. The molecular formula is C11H10N2O2. The van der Waals surface area contributed by atoms with Crippen LogP contribution in [0, 0.1) is 0 Å². The van der Waals surface area contributed by atoms with Gasteiger partial charge < -0.3 is 10.4 Å². The Labute approximate surface area is 86.6 Å². The van der Waals surface area contributed by atoms with Crippen molar-refractivity contribution in [2.45, 2.75) is 6.92 Å². The van der Waals surface area contributed by atoms with Crippen molar-refractivity contribution in [1.29, 1.82) is 0 Å². The van der Waals surface area contributed by atoms with E-state index in [0.29, 0.717) is 11.3 Å². The molecular weight excluding hydrogens is 192 g/mol. The smallest absolute Gasteiger partial charge is 0.222 e. The van der Waals surface area contributed by atoms with Crippen LogP contribution in [0.15, 0.2) is 30.3 Å². The summed E-state index contributed by atoms with van der Waals surface area (Å²) in [7, 11) is 0. The Morgan fingerprint density at radius 2 is 2.13 bits per heavy atom. The topological polar surface area (TPSA) is 62.2 Å². The predicted molar refractivity (Wildman–Crippen MR) is 57.7 cm³/mol. The molecule has 0 radical (unpaired) electrons. The van der Waals surface area contributed by atoms with E-state index in [1.807, 2.05) is 6.07 Å². The van der Waals surface area contributed by atoms with Gasteiger partial charge in [-0.05, 0) is 18.2 Å². The minimum absolute atomic E-state index is 0.111. The minimum Gasteiger partial charge on any atom is -0.506 e. The number of hydrogen-bond acceptors (Lipinski definition) is 3. The zero-order valence-corrected chi connectivity index (χ0v) is 8.19. The molecule has 0 spiro atoms. The van der Waals surface area contributed by atoms with Gasteiger partial charge in [0.15, 0.2) is 0 Å². The number of nitrogens with zero attached hydrogens (tertiary/aromatic N) is 1. The second-order valence-electron chi connectivity index (χ2n) is 3.23. The van der Waals surface area contributed by atoms with Gasteiger partial charge in [-0.1, -0.05) is 12.1 Å². The molecule has 1 heterocycles. The molecule has 2 N–H and O–H groups in total. The molecule has 0 saturated heterocycles. The largest absolute Gasteiger partial charge is 0.506 e. The van der Waals surface area contributed by atoms with E-state index in [4.69, 9.17) is 0 Å². The lowest BCUT2D eigenvalue weighted by atomic mass is 10.2. The standard InChI is InChI=1S/C11H10N2O2/c1-7(14)12-10-6-5-8-3-2-4-9(15)11(8)13-10/h2-6,15H,1H3,(H,12,13,14). The van der Waals surface area contributed by atoms with Gasteiger partial charge in [-0.3, -0.25) is 4.79 Å². The first-order valence-corrected chi connectivity index (χ1v) is 4.53. The monoisotopic (exact) mass is 202 g/mol. The van der Waals surface area contributed by atoms with Crippen molar-refractivity contribution >= 4 is 22.6 Å². The molecule has 0 fully saturated rings. The van der Waals surface area contributed by atoms with E-state index in [9.17, 15) is 9.90 Å². The molecule has 4 heteroatoms. The first kappa shape index (κ1) is 9.45. The van der Waals surface area contributed by atoms with Crippen LogP contribution in [0.1, 0.15) is 6.92 Å². The molecule has 0 saturated carbocycles. The summed E-state index contributed by atoms with van der Waals surface area (Å²) in [5.41, 5.74) is 0.490. The fourth-order valence-corrected chi connectivity index (χ4v) is 1.38. The number of phenolic OH excluding ortho intramolecular Hbond substituents is 1. The summed E-state index contributed by atoms with van der Waals surface area (Å²) in [6.07, 6.45) is 0. The van der Waals surface area contributed by atoms with Gasteiger partial charge in [-0.15, -0.1) is 0 Å². The molecule has 0 aliphatic carbocycles. The van der Waals surface area contributed by atoms with Crippen molar-refractivity contribution in [2.75, 3.05) is 5.32 Å². The first-order chi connectivity index (χ1) is 7.16. The number of phenols is 1. The first-order valence-electron chi connectivity index (χ1n) is 4.53. The summed E-state index contributed by atoms with van der Waals surface area (Å²) in [5.74, 6) is 0.369. The van der Waals surface area contributed by atoms with Crippen molar-refractivity contribution in [3.63, 3.8) is 0 Å². The highest BCUT2D eigenvalue weighted by molar-refractivity contribution is 5.91. The lowest BCUT2D eigenvalue weighted by molar-refractivity contribution is -0.114. The van der Waals surface area contributed by atoms with E-state index in [-0.39, 0.29) is 11.7 Å². The Balaban J connectivity index is 2.54. The van der Waals surface area contributed by atoms with Crippen LogP contribution in [0.4, 0.5) is 5.82 Å².